The van der Waals surface area contributed by atoms with E-state index in [4.69, 9.17) is 0 Å². The van der Waals surface area contributed by atoms with E-state index in [0.29, 0.717) is 23.7 Å². The molecule has 2 amide bonds. The number of Topliss-reactive ketones (excluding diaryl/α,β-unsaturated/α-hetero) is 1. The first-order valence-corrected chi connectivity index (χ1v) is 6.50. The van der Waals surface area contributed by atoms with Crippen LogP contribution in [0.5, 0.6) is 0 Å². The minimum absolute atomic E-state index is 0.172. The van der Waals surface area contributed by atoms with Gasteiger partial charge in [-0.25, -0.2) is 9.88 Å². The number of nitrogens with zero attached hydrogens (tertiary/aromatic N) is 2. The second kappa shape index (κ2) is 4.28. The van der Waals surface area contributed by atoms with Gasteiger partial charge in [-0.1, -0.05) is 13.8 Å². The SMILES string of the molecule is CC(=O)c1csc(N2C(=O)CC(C)(C)CC2=O)n1. The molecule has 0 radical (unpaired) electrons. The molecule has 18 heavy (non-hydrogen) atoms. The van der Waals surface area contributed by atoms with Crippen LogP contribution in [0.1, 0.15) is 44.1 Å². The lowest BCUT2D eigenvalue weighted by Crippen LogP contribution is -2.46. The molecule has 1 saturated heterocycles. The van der Waals surface area contributed by atoms with E-state index in [1.165, 1.54) is 6.92 Å². The molecule has 0 aromatic carbocycles. The third kappa shape index (κ3) is 2.33. The Labute approximate surface area is 109 Å². The number of carbonyl (C=O) groups excluding carboxylic acids is 3. The van der Waals surface area contributed by atoms with Crippen molar-refractivity contribution in [2.45, 2.75) is 33.6 Å². The number of anilines is 1. The maximum Gasteiger partial charge on any atom is 0.236 e. The zero-order chi connectivity index (χ0) is 13.5. The average molecular weight is 266 g/mol. The van der Waals surface area contributed by atoms with Crippen molar-refractivity contribution < 1.29 is 14.4 Å². The Kier molecular flexibility index (Phi) is 3.06. The smallest absolute Gasteiger partial charge is 0.236 e. The molecule has 2 heterocycles. The van der Waals surface area contributed by atoms with Crippen molar-refractivity contribution in [3.05, 3.63) is 11.1 Å². The standard InChI is InChI=1S/C12H14N2O3S/c1-7(15)8-6-18-11(13-8)14-9(16)4-12(2,3)5-10(14)17/h6H,4-5H2,1-3H3. The predicted octanol–water partition coefficient (Wildman–Crippen LogP) is 2.03. The Hall–Kier alpha value is -1.56. The summed E-state index contributed by atoms with van der Waals surface area (Å²) in [6.07, 6.45) is 0.626. The van der Waals surface area contributed by atoms with Crippen LogP contribution in [0.25, 0.3) is 0 Å². The van der Waals surface area contributed by atoms with Crippen LogP contribution in [-0.4, -0.2) is 22.6 Å². The maximum atomic E-state index is 12.0. The van der Waals surface area contributed by atoms with E-state index in [1.54, 1.807) is 5.38 Å². The summed E-state index contributed by atoms with van der Waals surface area (Å²) in [5.74, 6) is -0.670. The highest BCUT2D eigenvalue weighted by atomic mass is 32.1. The summed E-state index contributed by atoms with van der Waals surface area (Å²) in [4.78, 5) is 40.3. The highest BCUT2D eigenvalue weighted by Gasteiger charge is 2.39. The number of carbonyl (C=O) groups is 3. The van der Waals surface area contributed by atoms with Crippen LogP contribution < -0.4 is 4.90 Å². The molecular weight excluding hydrogens is 252 g/mol. The van der Waals surface area contributed by atoms with Gasteiger partial charge >= 0.3 is 0 Å². The third-order valence-electron chi connectivity index (χ3n) is 2.80. The quantitative estimate of drug-likeness (QED) is 0.606. The van der Waals surface area contributed by atoms with Gasteiger partial charge in [0.2, 0.25) is 11.8 Å². The molecule has 1 aliphatic heterocycles. The summed E-state index contributed by atoms with van der Waals surface area (Å²) < 4.78 is 0. The number of amides is 2. The largest absolute Gasteiger partial charge is 0.293 e. The molecule has 0 unspecified atom stereocenters. The number of rotatable bonds is 2. The normalized spacial score (nSPS) is 19.2. The van der Waals surface area contributed by atoms with Crippen molar-refractivity contribution in [3.8, 4) is 0 Å². The number of imide groups is 1. The first-order chi connectivity index (χ1) is 8.30. The van der Waals surface area contributed by atoms with Crippen LogP contribution in [0.15, 0.2) is 5.38 Å². The first-order valence-electron chi connectivity index (χ1n) is 5.62. The fraction of sp³-hybridized carbons (Fsp3) is 0.500. The molecule has 1 aromatic rings. The number of piperidine rings is 1. The Bertz CT molecular complexity index is 513. The fourth-order valence-electron chi connectivity index (χ4n) is 1.92. The Morgan fingerprint density at radius 2 is 1.89 bits per heavy atom. The summed E-state index contributed by atoms with van der Waals surface area (Å²) in [6.45, 7) is 5.19. The Morgan fingerprint density at radius 1 is 1.33 bits per heavy atom. The zero-order valence-electron chi connectivity index (χ0n) is 10.5. The summed E-state index contributed by atoms with van der Waals surface area (Å²) in [6, 6.07) is 0. The van der Waals surface area contributed by atoms with Crippen molar-refractivity contribution >= 4 is 34.1 Å². The lowest BCUT2D eigenvalue weighted by Gasteiger charge is -2.33. The van der Waals surface area contributed by atoms with E-state index < -0.39 is 0 Å². The van der Waals surface area contributed by atoms with Crippen LogP contribution >= 0.6 is 11.3 Å². The van der Waals surface area contributed by atoms with Crippen LogP contribution in [0.3, 0.4) is 0 Å². The van der Waals surface area contributed by atoms with E-state index in [2.05, 4.69) is 4.98 Å². The molecule has 6 heteroatoms. The van der Waals surface area contributed by atoms with Gasteiger partial charge in [0.05, 0.1) is 0 Å². The number of thiazole rings is 1. The van der Waals surface area contributed by atoms with E-state index in [-0.39, 0.29) is 23.0 Å². The monoisotopic (exact) mass is 266 g/mol. The number of ketones is 1. The van der Waals surface area contributed by atoms with Crippen LogP contribution in [0.2, 0.25) is 0 Å². The molecule has 5 nitrogen and oxygen atoms in total. The fourth-order valence-corrected chi connectivity index (χ4v) is 2.82. The average Bonchev–Trinajstić information content (AvgIpc) is 2.63. The predicted molar refractivity (Wildman–Crippen MR) is 67.6 cm³/mol. The minimum atomic E-state index is -0.300. The first kappa shape index (κ1) is 12.9. The molecular formula is C12H14N2O3S. The van der Waals surface area contributed by atoms with E-state index >= 15 is 0 Å². The van der Waals surface area contributed by atoms with E-state index in [9.17, 15) is 14.4 Å². The van der Waals surface area contributed by atoms with Crippen molar-refractivity contribution in [1.82, 2.24) is 4.98 Å². The summed E-state index contributed by atoms with van der Waals surface area (Å²) >= 11 is 1.14. The molecule has 1 aromatic heterocycles. The second-order valence-corrected chi connectivity index (χ2v) is 6.05. The molecule has 0 spiro atoms. The summed E-state index contributed by atoms with van der Waals surface area (Å²) in [7, 11) is 0. The highest BCUT2D eigenvalue weighted by molar-refractivity contribution is 7.14. The molecule has 0 N–H and O–H groups in total. The van der Waals surface area contributed by atoms with Crippen molar-refractivity contribution in [3.63, 3.8) is 0 Å². The van der Waals surface area contributed by atoms with Gasteiger partial charge in [-0.05, 0) is 5.41 Å². The topological polar surface area (TPSA) is 67.3 Å². The minimum Gasteiger partial charge on any atom is -0.293 e. The number of aromatic nitrogens is 1. The molecule has 1 aliphatic rings. The Morgan fingerprint density at radius 3 is 2.33 bits per heavy atom. The second-order valence-electron chi connectivity index (χ2n) is 5.21. The van der Waals surface area contributed by atoms with Crippen molar-refractivity contribution in [2.75, 3.05) is 4.90 Å². The van der Waals surface area contributed by atoms with Crippen molar-refractivity contribution in [2.24, 2.45) is 5.41 Å². The summed E-state index contributed by atoms with van der Waals surface area (Å²) in [5.41, 5.74) is -0.00820. The molecule has 0 atom stereocenters. The van der Waals surface area contributed by atoms with Gasteiger partial charge < -0.3 is 0 Å². The van der Waals surface area contributed by atoms with Gasteiger partial charge in [0, 0.05) is 25.1 Å². The Balaban J connectivity index is 2.30. The molecule has 1 fully saturated rings. The van der Waals surface area contributed by atoms with Gasteiger partial charge in [0.1, 0.15) is 5.69 Å². The molecule has 0 saturated carbocycles. The molecule has 2 rings (SSSR count). The lowest BCUT2D eigenvalue weighted by molar-refractivity contribution is -0.132. The lowest BCUT2D eigenvalue weighted by atomic mass is 9.82. The third-order valence-corrected chi connectivity index (χ3v) is 3.63. The molecule has 0 bridgehead atoms. The molecule has 0 aliphatic carbocycles. The number of hydrogen-bond acceptors (Lipinski definition) is 5. The van der Waals surface area contributed by atoms with Gasteiger partial charge in [-0.3, -0.25) is 14.4 Å². The van der Waals surface area contributed by atoms with Gasteiger partial charge in [0.15, 0.2) is 10.9 Å². The summed E-state index contributed by atoms with van der Waals surface area (Å²) in [5, 5.41) is 1.86. The van der Waals surface area contributed by atoms with Crippen LogP contribution in [0.4, 0.5) is 5.13 Å². The van der Waals surface area contributed by atoms with Gasteiger partial charge in [0.25, 0.3) is 0 Å². The zero-order valence-corrected chi connectivity index (χ0v) is 11.3. The van der Waals surface area contributed by atoms with E-state index in [1.807, 2.05) is 13.8 Å². The van der Waals surface area contributed by atoms with Crippen molar-refractivity contribution in [1.29, 1.82) is 0 Å². The molecule has 96 valence electrons. The van der Waals surface area contributed by atoms with Gasteiger partial charge in [-0.15, -0.1) is 11.3 Å². The van der Waals surface area contributed by atoms with Crippen LogP contribution in [-0.2, 0) is 9.59 Å². The van der Waals surface area contributed by atoms with E-state index in [0.717, 1.165) is 16.2 Å². The van der Waals surface area contributed by atoms with Gasteiger partial charge in [-0.2, -0.15) is 0 Å². The maximum absolute atomic E-state index is 12.0. The van der Waals surface area contributed by atoms with Crippen LogP contribution in [0, 0.1) is 5.41 Å². The number of hydrogen-bond donors (Lipinski definition) is 0. The highest BCUT2D eigenvalue weighted by Crippen LogP contribution is 2.35.